The molecule has 1 atom stereocenters. The van der Waals surface area contributed by atoms with Crippen LogP contribution in [0.5, 0.6) is 5.75 Å². The van der Waals surface area contributed by atoms with Crippen LogP contribution >= 0.6 is 0 Å². The fourth-order valence-electron chi connectivity index (χ4n) is 2.24. The first kappa shape index (κ1) is 9.29. The van der Waals surface area contributed by atoms with Crippen LogP contribution in [0, 0.1) is 0 Å². The minimum atomic E-state index is -4.24. The maximum Gasteiger partial charge on any atom is 0.121 e. The molecule has 0 amide bonds. The third-order valence-electron chi connectivity index (χ3n) is 3.72. The van der Waals surface area contributed by atoms with Gasteiger partial charge in [-0.2, -0.15) is 0 Å². The van der Waals surface area contributed by atoms with Crippen molar-refractivity contribution in [3.05, 3.63) is 65.1 Å². The molecule has 0 aliphatic heterocycles. The van der Waals surface area contributed by atoms with Crippen LogP contribution in [0.15, 0.2) is 48.5 Å². The zero-order valence-electron chi connectivity index (χ0n) is 34.2. The molecule has 0 spiro atoms. The molecule has 2 aromatic rings. The van der Waals surface area contributed by atoms with Crippen molar-refractivity contribution in [1.82, 2.24) is 5.32 Å². The van der Waals surface area contributed by atoms with Gasteiger partial charge in [0.2, 0.25) is 0 Å². The number of nitrogens with one attached hydrogen (secondary N) is 1. The SMILES string of the molecule is [2H]c1c([2H])c(C([2H])(O)CNC([2H])([2H])C([2H])([2H])C([2H])([2H])C([2H])([2H])C([2H])([2H])C([2H])([2H])OCCCCc2ccccc2)c([2H])c(C([2H])([2H])O)c1O. The molecule has 5 nitrogen and oxygen atoms in total. The lowest BCUT2D eigenvalue weighted by molar-refractivity contribution is 0.126. The predicted octanol–water partition coefficient (Wildman–Crippen LogP) is 4.11. The van der Waals surface area contributed by atoms with E-state index in [1.165, 1.54) is 0 Å². The predicted molar refractivity (Wildman–Crippen MR) is 121 cm³/mol. The van der Waals surface area contributed by atoms with Crippen molar-refractivity contribution in [2.24, 2.45) is 0 Å². The van der Waals surface area contributed by atoms with Crippen LogP contribution in [0.1, 0.15) is 85.8 Å². The maximum atomic E-state index is 10.8. The summed E-state index contributed by atoms with van der Waals surface area (Å²) in [4.78, 5) is 0. The van der Waals surface area contributed by atoms with Gasteiger partial charge in [0.1, 0.15) is 5.75 Å². The molecule has 0 bridgehead atoms. The Hall–Kier alpha value is -1.92. The standard InChI is InChI=1S/C25H37NO4/c27-20-23-18-22(13-14-24(23)28)25(29)19-26-15-7-1-2-8-16-30-17-9-6-12-21-10-4-3-5-11-21/h3-5,10-11,13-14,18,25-29H,1-2,6-9,12,15-17,19-20H2/i1D2,2D2,7D2,8D2,13D,14D,15D2,16D2,18D,20D2,25D. The van der Waals surface area contributed by atoms with Crippen molar-refractivity contribution in [2.45, 2.75) is 57.4 Å². The van der Waals surface area contributed by atoms with E-state index >= 15 is 0 Å². The maximum absolute atomic E-state index is 10.8. The molecule has 0 aliphatic carbocycles. The lowest BCUT2D eigenvalue weighted by Gasteiger charge is -2.14. The Kier molecular flexibility index (Phi) is 4.63. The van der Waals surface area contributed by atoms with Crippen LogP contribution in [0.4, 0.5) is 0 Å². The molecular weight excluding hydrogens is 378 g/mol. The quantitative estimate of drug-likeness (QED) is 0.300. The fourth-order valence-corrected chi connectivity index (χ4v) is 2.24. The largest absolute Gasteiger partial charge is 0.508 e. The van der Waals surface area contributed by atoms with E-state index in [4.69, 9.17) is 29.4 Å². The van der Waals surface area contributed by atoms with Crippen LogP contribution < -0.4 is 5.32 Å². The molecule has 0 heterocycles. The van der Waals surface area contributed by atoms with E-state index in [0.717, 1.165) is 5.56 Å². The van der Waals surface area contributed by atoms with Gasteiger partial charge in [-0.15, -0.1) is 0 Å². The Morgan fingerprint density at radius 1 is 1.10 bits per heavy atom. The van der Waals surface area contributed by atoms with Gasteiger partial charge < -0.3 is 25.4 Å². The smallest absolute Gasteiger partial charge is 0.121 e. The zero-order valence-corrected chi connectivity index (χ0v) is 16.2. The second-order valence-electron chi connectivity index (χ2n) is 5.90. The summed E-state index contributed by atoms with van der Waals surface area (Å²) in [6.07, 6.45) is -18.7. The van der Waals surface area contributed by atoms with Gasteiger partial charge in [0, 0.05) is 39.0 Å². The van der Waals surface area contributed by atoms with Crippen molar-refractivity contribution >= 4 is 0 Å². The minimum absolute atomic E-state index is 0.191. The number of aromatic hydroxyl groups is 1. The fraction of sp³-hybridized carbons (Fsp3) is 0.520. The first-order valence-corrected chi connectivity index (χ1v) is 9.13. The Balaban J connectivity index is 2.33. The highest BCUT2D eigenvalue weighted by molar-refractivity contribution is 5.36. The average molecular weight is 434 g/mol. The van der Waals surface area contributed by atoms with Gasteiger partial charge in [-0.3, -0.25) is 0 Å². The third-order valence-corrected chi connectivity index (χ3v) is 3.72. The molecule has 2 rings (SSSR count). The van der Waals surface area contributed by atoms with Crippen molar-refractivity contribution in [3.63, 3.8) is 0 Å². The number of phenols is 1. The molecule has 0 radical (unpaired) electrons. The summed E-state index contributed by atoms with van der Waals surface area (Å²) < 4.78 is 150. The van der Waals surface area contributed by atoms with Gasteiger partial charge in [0.25, 0.3) is 0 Å². The van der Waals surface area contributed by atoms with E-state index in [2.05, 4.69) is 0 Å². The Labute approximate surface area is 206 Å². The molecule has 0 fully saturated rings. The van der Waals surface area contributed by atoms with E-state index in [1.54, 1.807) is 5.32 Å². The van der Waals surface area contributed by atoms with Crippen LogP contribution in [-0.4, -0.2) is 41.5 Å². The summed E-state index contributed by atoms with van der Waals surface area (Å²) in [6, 6.07) is 5.36. The van der Waals surface area contributed by atoms with Gasteiger partial charge in [-0.05, 0) is 61.7 Å². The van der Waals surface area contributed by atoms with Crippen LogP contribution in [0.3, 0.4) is 0 Å². The normalized spacial score (nSPS) is 25.4. The molecule has 0 saturated carbocycles. The summed E-state index contributed by atoms with van der Waals surface area (Å²) in [5.74, 6) is -1.36. The second-order valence-corrected chi connectivity index (χ2v) is 5.90. The number of hydrogen-bond acceptors (Lipinski definition) is 5. The molecule has 166 valence electrons. The summed E-state index contributed by atoms with van der Waals surface area (Å²) in [5.41, 5.74) is -1.59. The highest BCUT2D eigenvalue weighted by Crippen LogP contribution is 2.22. The first-order chi connectivity index (χ1) is 21.4. The minimum Gasteiger partial charge on any atom is -0.508 e. The second kappa shape index (κ2) is 15.0. The van der Waals surface area contributed by atoms with Gasteiger partial charge in [0.05, 0.1) is 23.6 Å². The lowest BCUT2D eigenvalue weighted by Crippen LogP contribution is -2.22. The zero-order chi connectivity index (χ0) is 37.5. The summed E-state index contributed by atoms with van der Waals surface area (Å²) in [6.45, 7) is -12.9. The number of benzene rings is 2. The third kappa shape index (κ3) is 9.72. The Morgan fingerprint density at radius 3 is 2.70 bits per heavy atom. The number of aliphatic hydroxyl groups is 2. The van der Waals surface area contributed by atoms with E-state index in [9.17, 15) is 15.3 Å². The molecule has 5 heteroatoms. The average Bonchev–Trinajstić information content (AvgIpc) is 2.94. The number of rotatable bonds is 16. The van der Waals surface area contributed by atoms with Gasteiger partial charge in [-0.1, -0.05) is 49.1 Å². The molecule has 0 aromatic heterocycles. The molecule has 0 saturated heterocycles. The van der Waals surface area contributed by atoms with E-state index in [-0.39, 0.29) is 6.42 Å². The van der Waals surface area contributed by atoms with E-state index < -0.39 is 99.3 Å². The molecule has 4 N–H and O–H groups in total. The van der Waals surface area contributed by atoms with Crippen molar-refractivity contribution in [1.29, 1.82) is 0 Å². The number of hydrogen-bond donors (Lipinski definition) is 4. The van der Waals surface area contributed by atoms with Gasteiger partial charge in [0.15, 0.2) is 0 Å². The summed E-state index contributed by atoms with van der Waals surface area (Å²) in [5, 5.41) is 32.2. The van der Waals surface area contributed by atoms with Crippen LogP contribution in [-0.2, 0) is 17.7 Å². The van der Waals surface area contributed by atoms with Crippen molar-refractivity contribution in [3.8, 4) is 5.75 Å². The highest BCUT2D eigenvalue weighted by Gasteiger charge is 2.09. The Morgan fingerprint density at radius 2 is 1.90 bits per heavy atom. The van der Waals surface area contributed by atoms with Crippen molar-refractivity contribution < 1.29 is 44.7 Å². The highest BCUT2D eigenvalue weighted by atomic mass is 16.5. The van der Waals surface area contributed by atoms with Crippen LogP contribution in [0.25, 0.3) is 0 Å². The van der Waals surface area contributed by atoms with Gasteiger partial charge in [-0.25, -0.2) is 0 Å². The molecule has 2 aromatic carbocycles. The lowest BCUT2D eigenvalue weighted by atomic mass is 10.1. The molecule has 1 unspecified atom stereocenters. The van der Waals surface area contributed by atoms with Crippen LogP contribution in [0.2, 0.25) is 0 Å². The Bertz CT molecular complexity index is 1430. The summed E-state index contributed by atoms with van der Waals surface area (Å²) >= 11 is 0. The summed E-state index contributed by atoms with van der Waals surface area (Å²) in [7, 11) is 0. The van der Waals surface area contributed by atoms with Gasteiger partial charge >= 0.3 is 0 Å². The van der Waals surface area contributed by atoms with E-state index in [1.807, 2.05) is 30.3 Å². The number of unbranched alkanes of at least 4 members (excludes halogenated alkanes) is 1. The van der Waals surface area contributed by atoms with Crippen molar-refractivity contribution in [2.75, 3.05) is 26.2 Å². The number of ether oxygens (including phenoxy) is 1. The molecular formula is C25H37NO4. The molecule has 30 heavy (non-hydrogen) atoms. The molecule has 0 aliphatic rings. The first-order valence-electron chi connectivity index (χ1n) is 18.1. The topological polar surface area (TPSA) is 82.0 Å². The van der Waals surface area contributed by atoms with E-state index in [0.29, 0.717) is 12.8 Å². The monoisotopic (exact) mass is 433 g/mol. The number of aryl methyl sites for hydroxylation is 1.